The fourth-order valence-corrected chi connectivity index (χ4v) is 12.1. The van der Waals surface area contributed by atoms with Gasteiger partial charge in [-0.05, 0) is 70.4 Å². The molecular formula is C48H42N2O8S4. The second kappa shape index (κ2) is 18.3. The van der Waals surface area contributed by atoms with E-state index in [1.165, 1.54) is 12.1 Å². The van der Waals surface area contributed by atoms with Gasteiger partial charge in [0.25, 0.3) is 0 Å². The molecule has 2 aliphatic rings. The van der Waals surface area contributed by atoms with Gasteiger partial charge in [-0.1, -0.05) is 97.1 Å². The van der Waals surface area contributed by atoms with E-state index in [2.05, 4.69) is 9.44 Å². The molecule has 4 heterocycles. The van der Waals surface area contributed by atoms with Gasteiger partial charge in [-0.2, -0.15) is 9.44 Å². The Morgan fingerprint density at radius 1 is 0.419 bits per heavy atom. The molecule has 0 amide bonds. The van der Waals surface area contributed by atoms with E-state index in [0.717, 1.165) is 53.9 Å². The molecule has 0 unspecified atom stereocenters. The van der Waals surface area contributed by atoms with Gasteiger partial charge in [0.15, 0.2) is 23.0 Å². The molecule has 10 nitrogen and oxygen atoms in total. The summed E-state index contributed by atoms with van der Waals surface area (Å²) in [6.45, 7) is 2.11. The number of fused-ring (bicyclic) bond motifs is 4. The normalized spacial score (nSPS) is 14.8. The number of nitrogens with one attached hydrogen (secondary N) is 2. The van der Waals surface area contributed by atoms with Crippen molar-refractivity contribution in [3.05, 3.63) is 179 Å². The zero-order chi connectivity index (χ0) is 42.5. The van der Waals surface area contributed by atoms with Crippen LogP contribution in [0.5, 0.6) is 23.0 Å². The van der Waals surface area contributed by atoms with Crippen LogP contribution in [0, 0.1) is 0 Å². The molecule has 14 heteroatoms. The van der Waals surface area contributed by atoms with Gasteiger partial charge in [0.05, 0.1) is 48.3 Å². The van der Waals surface area contributed by atoms with Crippen molar-refractivity contribution in [3.8, 4) is 23.0 Å². The molecule has 0 aliphatic carbocycles. The number of hydrogen-bond acceptors (Lipinski definition) is 10. The zero-order valence-electron chi connectivity index (χ0n) is 33.3. The van der Waals surface area contributed by atoms with Crippen LogP contribution >= 0.6 is 22.7 Å². The lowest BCUT2D eigenvalue weighted by atomic mass is 10.1. The smallest absolute Gasteiger partial charge is 0.241 e. The molecule has 2 atom stereocenters. The summed E-state index contributed by atoms with van der Waals surface area (Å²) in [7, 11) is -7.64. The van der Waals surface area contributed by atoms with Gasteiger partial charge in [0.1, 0.15) is 0 Å². The Morgan fingerprint density at radius 3 is 1.19 bits per heavy atom. The Kier molecular flexibility index (Phi) is 12.3. The first-order valence-electron chi connectivity index (χ1n) is 20.1. The summed E-state index contributed by atoms with van der Waals surface area (Å²) in [6.07, 6.45) is 1.52. The van der Waals surface area contributed by atoms with Crippen molar-refractivity contribution in [1.29, 1.82) is 0 Å². The van der Waals surface area contributed by atoms with Crippen molar-refractivity contribution < 1.29 is 35.8 Å². The predicted octanol–water partition coefficient (Wildman–Crippen LogP) is 10.3. The third kappa shape index (κ3) is 9.36. The molecule has 0 spiro atoms. The van der Waals surface area contributed by atoms with Crippen molar-refractivity contribution in [2.45, 2.75) is 34.7 Å². The van der Waals surface area contributed by atoms with E-state index in [0.29, 0.717) is 49.4 Å². The maximum absolute atomic E-state index is 13.4. The van der Waals surface area contributed by atoms with Crippen LogP contribution in [-0.2, 0) is 20.0 Å². The topological polar surface area (TPSA) is 129 Å². The van der Waals surface area contributed by atoms with E-state index in [-0.39, 0.29) is 9.79 Å². The largest absolute Gasteiger partial charge is 0.490 e. The molecule has 62 heavy (non-hydrogen) atoms. The van der Waals surface area contributed by atoms with Gasteiger partial charge in [-0.3, -0.25) is 0 Å². The first-order chi connectivity index (χ1) is 30.2. The highest BCUT2D eigenvalue weighted by Crippen LogP contribution is 2.38. The summed E-state index contributed by atoms with van der Waals surface area (Å²) < 4.78 is 84.2. The molecule has 0 saturated carbocycles. The average Bonchev–Trinajstić information content (AvgIpc) is 3.75. The van der Waals surface area contributed by atoms with Gasteiger partial charge in [-0.25, -0.2) is 16.8 Å². The lowest BCUT2D eigenvalue weighted by Gasteiger charge is -2.19. The molecular weight excluding hydrogens is 861 g/mol. The summed E-state index contributed by atoms with van der Waals surface area (Å²) in [5, 5.41) is 2.19. The van der Waals surface area contributed by atoms with Gasteiger partial charge in [0.2, 0.25) is 20.0 Å². The van der Waals surface area contributed by atoms with Crippen molar-refractivity contribution >= 4 is 62.9 Å². The Labute approximate surface area is 368 Å². The minimum Gasteiger partial charge on any atom is -0.490 e. The van der Waals surface area contributed by atoms with Crippen LogP contribution in [0.2, 0.25) is 0 Å². The van der Waals surface area contributed by atoms with Crippen LogP contribution < -0.4 is 28.4 Å². The van der Waals surface area contributed by atoms with Crippen molar-refractivity contribution in [2.24, 2.45) is 0 Å². The average molecular weight is 903 g/mol. The van der Waals surface area contributed by atoms with Crippen molar-refractivity contribution in [3.63, 3.8) is 0 Å². The van der Waals surface area contributed by atoms with E-state index in [4.69, 9.17) is 18.9 Å². The van der Waals surface area contributed by atoms with Crippen LogP contribution in [0.4, 0.5) is 0 Å². The monoisotopic (exact) mass is 902 g/mol. The Balaban J connectivity index is 0.000000158. The number of ether oxygens (including phenoxy) is 4. The molecule has 0 bridgehead atoms. The van der Waals surface area contributed by atoms with Crippen LogP contribution in [-0.4, -0.2) is 43.3 Å². The minimum atomic E-state index is -3.82. The summed E-state index contributed by atoms with van der Waals surface area (Å²) in [4.78, 5) is 2.17. The number of thiophene rings is 2. The van der Waals surface area contributed by atoms with E-state index < -0.39 is 32.1 Å². The highest BCUT2D eigenvalue weighted by atomic mass is 32.2. The second-order valence-corrected chi connectivity index (χ2v) is 20.3. The van der Waals surface area contributed by atoms with E-state index in [9.17, 15) is 16.8 Å². The summed E-state index contributed by atoms with van der Waals surface area (Å²) in [5.41, 5.74) is 1.76. The first-order valence-corrected chi connectivity index (χ1v) is 24.7. The van der Waals surface area contributed by atoms with Crippen LogP contribution in [0.25, 0.3) is 20.2 Å². The van der Waals surface area contributed by atoms with Crippen molar-refractivity contribution in [1.82, 2.24) is 9.44 Å². The van der Waals surface area contributed by atoms with Gasteiger partial charge in [-0.15, -0.1) is 22.7 Å². The van der Waals surface area contributed by atoms with E-state index in [1.54, 1.807) is 46.9 Å². The quantitative estimate of drug-likeness (QED) is 0.139. The van der Waals surface area contributed by atoms with Gasteiger partial charge in [0, 0.05) is 44.1 Å². The molecule has 0 radical (unpaired) electrons. The summed E-state index contributed by atoms with van der Waals surface area (Å²) in [5.74, 6) is 2.05. The number of rotatable bonds is 10. The number of sulfonamides is 2. The highest BCUT2D eigenvalue weighted by Gasteiger charge is 2.28. The number of hydrogen-bond donors (Lipinski definition) is 2. The Hall–Kier alpha value is -5.74. The third-order valence-corrected chi connectivity index (χ3v) is 15.5. The molecule has 316 valence electrons. The fourth-order valence-electron chi connectivity index (χ4n) is 7.23. The number of benzene rings is 6. The second-order valence-electron chi connectivity index (χ2n) is 14.6. The van der Waals surface area contributed by atoms with Gasteiger partial charge < -0.3 is 18.9 Å². The molecule has 2 aliphatic heterocycles. The summed E-state index contributed by atoms with van der Waals surface area (Å²) >= 11 is 3.18. The van der Waals surface area contributed by atoms with Crippen LogP contribution in [0.3, 0.4) is 0 Å². The fraction of sp³-hybridized carbons (Fsp3) is 0.167. The molecule has 8 aromatic rings. The van der Waals surface area contributed by atoms with Gasteiger partial charge >= 0.3 is 0 Å². The zero-order valence-corrected chi connectivity index (χ0v) is 36.6. The molecule has 10 rings (SSSR count). The first kappa shape index (κ1) is 41.6. The van der Waals surface area contributed by atoms with Crippen LogP contribution in [0.15, 0.2) is 168 Å². The molecule has 2 aromatic heterocycles. The van der Waals surface area contributed by atoms with Crippen LogP contribution in [0.1, 0.15) is 45.8 Å². The Morgan fingerprint density at radius 2 is 0.790 bits per heavy atom. The van der Waals surface area contributed by atoms with E-state index >= 15 is 0 Å². The van der Waals surface area contributed by atoms with Crippen molar-refractivity contribution in [2.75, 3.05) is 26.4 Å². The summed E-state index contributed by atoms with van der Waals surface area (Å²) in [6, 6.07) is 48.0. The molecule has 6 aromatic carbocycles. The lowest BCUT2D eigenvalue weighted by molar-refractivity contribution is 0.296. The maximum atomic E-state index is 13.4. The standard InChI is InChI=1S/2C24H21NO4S2/c2*26-31(27,19-11-12-20-21(16-19)29-14-6-13-28-20)25-24(17-7-2-1-3-8-17)23-15-18-9-4-5-10-22(18)30-23/h2*1-5,7-12,15-16,24-25H,6,13-14H2/t2*24-/m10/s1. The molecule has 2 N–H and O–H groups in total. The highest BCUT2D eigenvalue weighted by molar-refractivity contribution is 7.89. The minimum absolute atomic E-state index is 0.152. The Bertz CT molecular complexity index is 2770. The third-order valence-electron chi connectivity index (χ3n) is 10.3. The molecule has 0 saturated heterocycles. The maximum Gasteiger partial charge on any atom is 0.241 e. The van der Waals surface area contributed by atoms with E-state index in [1.807, 2.05) is 121 Å². The predicted molar refractivity (Wildman–Crippen MR) is 245 cm³/mol. The lowest BCUT2D eigenvalue weighted by Crippen LogP contribution is -2.29. The SMILES string of the molecule is O=S(=O)(N[C@@H](c1ccccc1)c1cc2ccccc2s1)c1ccc2c(c1)OCCCO2.O=S(=O)(N[C@H](c1ccccc1)c1cc2ccccc2s1)c1ccc2c(c1)OCCCO2. The molecule has 0 fully saturated rings.